The Bertz CT molecular complexity index is 4120. The first-order valence-electron chi connectivity index (χ1n) is 21.9. The van der Waals surface area contributed by atoms with Crippen LogP contribution in [0, 0.1) is 0 Å². The summed E-state index contributed by atoms with van der Waals surface area (Å²) < 4.78 is 11.7. The van der Waals surface area contributed by atoms with Crippen LogP contribution in [0.4, 0.5) is 17.1 Å². The van der Waals surface area contributed by atoms with Crippen molar-refractivity contribution in [3.8, 4) is 27.9 Å². The number of rotatable bonds is 6. The predicted molar refractivity (Wildman–Crippen MR) is 268 cm³/mol. The average Bonchev–Trinajstić information content (AvgIpc) is 4.10. The van der Waals surface area contributed by atoms with Gasteiger partial charge in [0, 0.05) is 77.5 Å². The molecule has 0 radical (unpaired) electrons. The maximum atomic E-state index is 6.90. The van der Waals surface area contributed by atoms with Crippen molar-refractivity contribution in [3.63, 3.8) is 0 Å². The van der Waals surface area contributed by atoms with Crippen LogP contribution >= 0.6 is 0 Å². The third kappa shape index (κ3) is 5.05. The number of anilines is 3. The minimum Gasteiger partial charge on any atom is -0.456 e. The van der Waals surface area contributed by atoms with Crippen molar-refractivity contribution in [3.05, 3.63) is 224 Å². The Morgan fingerprint density at radius 3 is 1.61 bits per heavy atom. The predicted octanol–water partition coefficient (Wildman–Crippen LogP) is 16.6. The van der Waals surface area contributed by atoms with E-state index in [-0.39, 0.29) is 0 Å². The normalized spacial score (nSPS) is 12.1. The molecule has 10 aromatic carbocycles. The highest BCUT2D eigenvalue weighted by Gasteiger charge is 2.22. The summed E-state index contributed by atoms with van der Waals surface area (Å²) in [7, 11) is 0. The Morgan fingerprint density at radius 2 is 0.828 bits per heavy atom. The Labute approximate surface area is 368 Å². The summed E-state index contributed by atoms with van der Waals surface area (Å²) in [4.78, 5) is 2.35. The van der Waals surface area contributed by atoms with Gasteiger partial charge < -0.3 is 18.3 Å². The summed E-state index contributed by atoms with van der Waals surface area (Å²) in [6, 6.07) is 81.2. The molecule has 0 bridgehead atoms. The van der Waals surface area contributed by atoms with Gasteiger partial charge in [0.25, 0.3) is 0 Å². The van der Waals surface area contributed by atoms with Crippen LogP contribution in [0.25, 0.3) is 110 Å². The van der Waals surface area contributed by atoms with Gasteiger partial charge in [-0.2, -0.15) is 0 Å². The molecule has 0 aliphatic heterocycles. The molecule has 0 amide bonds. The summed E-state index contributed by atoms with van der Waals surface area (Å²) >= 11 is 0. The van der Waals surface area contributed by atoms with E-state index in [1.54, 1.807) is 0 Å². The van der Waals surface area contributed by atoms with E-state index in [4.69, 9.17) is 4.42 Å². The lowest BCUT2D eigenvalue weighted by Crippen LogP contribution is -2.10. The fourth-order valence-electron chi connectivity index (χ4n) is 10.6. The zero-order chi connectivity index (χ0) is 41.9. The van der Waals surface area contributed by atoms with Crippen molar-refractivity contribution in [1.82, 2.24) is 8.97 Å². The zero-order valence-corrected chi connectivity index (χ0v) is 34.6. The van der Waals surface area contributed by atoms with Gasteiger partial charge in [-0.3, -0.25) is 0 Å². The monoisotopic (exact) mass is 815 g/mol. The van der Waals surface area contributed by atoms with E-state index in [0.717, 1.165) is 55.8 Å². The van der Waals surface area contributed by atoms with Gasteiger partial charge in [0.1, 0.15) is 11.2 Å². The van der Waals surface area contributed by atoms with Gasteiger partial charge in [-0.25, -0.2) is 0 Å². The van der Waals surface area contributed by atoms with Crippen molar-refractivity contribution in [1.29, 1.82) is 0 Å². The number of furan rings is 1. The molecule has 0 atom stereocenters. The summed E-state index contributed by atoms with van der Waals surface area (Å²) in [5, 5.41) is 9.75. The largest absolute Gasteiger partial charge is 0.456 e. The highest BCUT2D eigenvalue weighted by molar-refractivity contribution is 6.25. The second-order valence-electron chi connectivity index (χ2n) is 16.9. The molecule has 14 rings (SSSR count). The van der Waals surface area contributed by atoms with Gasteiger partial charge in [0.2, 0.25) is 0 Å². The summed E-state index contributed by atoms with van der Waals surface area (Å²) in [6.45, 7) is 0. The summed E-state index contributed by atoms with van der Waals surface area (Å²) in [5.41, 5.74) is 16.7. The van der Waals surface area contributed by atoms with Crippen molar-refractivity contribution >= 4 is 98.9 Å². The molecule has 0 aliphatic carbocycles. The minimum absolute atomic E-state index is 0.846. The fourth-order valence-corrected chi connectivity index (χ4v) is 10.6. The second-order valence-corrected chi connectivity index (χ2v) is 16.9. The molecule has 0 unspecified atom stereocenters. The van der Waals surface area contributed by atoms with E-state index in [2.05, 4.69) is 238 Å². The fraction of sp³-hybridized carbons (Fsp3) is 0. The molecule has 0 aliphatic rings. The van der Waals surface area contributed by atoms with Gasteiger partial charge in [0.15, 0.2) is 0 Å². The van der Waals surface area contributed by atoms with Gasteiger partial charge in [-0.1, -0.05) is 146 Å². The molecule has 0 spiro atoms. The molecule has 4 heteroatoms. The lowest BCUT2D eigenvalue weighted by Gasteiger charge is -2.26. The molecule has 4 heterocycles. The van der Waals surface area contributed by atoms with Crippen LogP contribution in [0.1, 0.15) is 0 Å². The Balaban J connectivity index is 0.941. The third-order valence-electron chi connectivity index (χ3n) is 13.4. The number of hydrogen-bond donors (Lipinski definition) is 0. The number of benzene rings is 10. The van der Waals surface area contributed by atoms with Crippen molar-refractivity contribution in [2.75, 3.05) is 4.90 Å². The van der Waals surface area contributed by atoms with E-state index in [1.807, 2.05) is 0 Å². The van der Waals surface area contributed by atoms with Crippen molar-refractivity contribution in [2.24, 2.45) is 0 Å². The van der Waals surface area contributed by atoms with Crippen LogP contribution in [0.2, 0.25) is 0 Å². The minimum atomic E-state index is 0.846. The van der Waals surface area contributed by atoms with Gasteiger partial charge in [-0.05, 0) is 89.5 Å². The van der Waals surface area contributed by atoms with Crippen molar-refractivity contribution < 1.29 is 4.42 Å². The van der Waals surface area contributed by atoms with E-state index < -0.39 is 0 Å². The van der Waals surface area contributed by atoms with E-state index in [0.29, 0.717) is 0 Å². The van der Waals surface area contributed by atoms with Crippen LogP contribution < -0.4 is 4.90 Å². The van der Waals surface area contributed by atoms with Gasteiger partial charge >= 0.3 is 0 Å². The lowest BCUT2D eigenvalue weighted by atomic mass is 10.00. The van der Waals surface area contributed by atoms with Crippen LogP contribution in [0.3, 0.4) is 0 Å². The summed E-state index contributed by atoms with van der Waals surface area (Å²) in [5.74, 6) is 0. The van der Waals surface area contributed by atoms with E-state index in [9.17, 15) is 0 Å². The molecule has 0 saturated heterocycles. The van der Waals surface area contributed by atoms with Gasteiger partial charge in [0.05, 0.1) is 27.6 Å². The maximum Gasteiger partial charge on any atom is 0.137 e. The third-order valence-corrected chi connectivity index (χ3v) is 13.4. The number of para-hydroxylation sites is 5. The smallest absolute Gasteiger partial charge is 0.137 e. The Hall–Kier alpha value is -8.60. The van der Waals surface area contributed by atoms with Gasteiger partial charge in [-0.15, -0.1) is 0 Å². The quantitative estimate of drug-likeness (QED) is 0.167. The highest BCUT2D eigenvalue weighted by atomic mass is 16.3. The molecule has 0 fully saturated rings. The molecular formula is C60H37N3O. The number of nitrogens with zero attached hydrogens (tertiary/aromatic N) is 3. The SMILES string of the molecule is c1ccc(-c2ccc(N(c3ccc4c(c3)oc3cc(-c5cccc6c7cccc8c9ccccc9n(c56)c87)ccc34)c3ccc4c5ccccc5n(-c5ccccc5)c4c3)cc2)cc1. The number of fused-ring (bicyclic) bond motifs is 12. The highest BCUT2D eigenvalue weighted by Crippen LogP contribution is 2.45. The summed E-state index contributed by atoms with van der Waals surface area (Å²) in [6.07, 6.45) is 0. The first kappa shape index (κ1) is 35.0. The molecule has 14 aromatic rings. The average molecular weight is 816 g/mol. The van der Waals surface area contributed by atoms with E-state index in [1.165, 1.54) is 71.1 Å². The van der Waals surface area contributed by atoms with Crippen LogP contribution in [-0.4, -0.2) is 8.97 Å². The number of aromatic nitrogens is 2. The molecule has 0 N–H and O–H groups in total. The first-order chi connectivity index (χ1) is 31.7. The second kappa shape index (κ2) is 13.4. The van der Waals surface area contributed by atoms with Crippen LogP contribution in [0.5, 0.6) is 0 Å². The van der Waals surface area contributed by atoms with Crippen LogP contribution in [0.15, 0.2) is 229 Å². The standard InChI is InChI=1S/C60H37N3O/c1-3-13-38(14-4-1)39-25-28-42(29-26-39)61(43-30-33-48-46-17-7-9-23-54(46)62(56(48)36-43)41-15-5-2-6-16-41)44-31-34-50-49-32-27-40(35-57(49)64-58(50)37-44)45-19-11-21-52-53-22-12-20-51-47-18-8-10-24-55(47)63(59(45)52)60(51)53/h1-37H. The molecule has 4 nitrogen and oxygen atoms in total. The molecular weight excluding hydrogens is 779 g/mol. The molecule has 64 heavy (non-hydrogen) atoms. The zero-order valence-electron chi connectivity index (χ0n) is 34.6. The Morgan fingerprint density at radius 1 is 0.312 bits per heavy atom. The molecule has 298 valence electrons. The first-order valence-corrected chi connectivity index (χ1v) is 21.9. The van der Waals surface area contributed by atoms with Crippen LogP contribution in [-0.2, 0) is 0 Å². The molecule has 0 saturated carbocycles. The Kier molecular flexibility index (Phi) is 7.36. The number of hydrogen-bond acceptors (Lipinski definition) is 2. The van der Waals surface area contributed by atoms with E-state index >= 15 is 0 Å². The van der Waals surface area contributed by atoms with Crippen molar-refractivity contribution in [2.45, 2.75) is 0 Å². The lowest BCUT2D eigenvalue weighted by molar-refractivity contribution is 0.669. The maximum absolute atomic E-state index is 6.90. The molecule has 4 aromatic heterocycles. The topological polar surface area (TPSA) is 25.7 Å².